The summed E-state index contributed by atoms with van der Waals surface area (Å²) in [5.74, 6) is 0. The van der Waals surface area contributed by atoms with Crippen LogP contribution in [0.2, 0.25) is 0 Å². The maximum atomic E-state index is 10.8. The molecular formula is C8H6N3ORu. The summed E-state index contributed by atoms with van der Waals surface area (Å²) in [7, 11) is 0. The molecular weight excluding hydrogens is 255 g/mol. The Kier molecular flexibility index (Phi) is 2.78. The minimum absolute atomic E-state index is 0. The smallest absolute Gasteiger partial charge is 0.699 e. The molecule has 1 aromatic heterocycles. The van der Waals surface area contributed by atoms with Crippen LogP contribution in [-0.4, -0.2) is 9.97 Å². The number of nitrogens with one attached hydrogen (secondary N) is 2. The molecule has 13 heavy (non-hydrogen) atoms. The van der Waals surface area contributed by atoms with Gasteiger partial charge >= 0.3 is 19.5 Å². The van der Waals surface area contributed by atoms with Crippen molar-refractivity contribution >= 4 is 16.7 Å². The first-order valence-electron chi connectivity index (χ1n) is 3.46. The molecule has 0 amide bonds. The Morgan fingerprint density at radius 2 is 2.15 bits per heavy atom. The molecule has 0 spiro atoms. The Morgan fingerprint density at radius 1 is 1.38 bits per heavy atom. The van der Waals surface area contributed by atoms with E-state index in [0.717, 1.165) is 0 Å². The van der Waals surface area contributed by atoms with Crippen LogP contribution in [0.5, 0.6) is 0 Å². The van der Waals surface area contributed by atoms with Crippen molar-refractivity contribution < 1.29 is 19.5 Å². The van der Waals surface area contributed by atoms with Gasteiger partial charge in [0, 0.05) is 0 Å². The van der Waals surface area contributed by atoms with Crippen molar-refractivity contribution in [2.45, 2.75) is 0 Å². The van der Waals surface area contributed by atoms with Gasteiger partial charge in [-0.05, 0) is 6.07 Å². The van der Waals surface area contributed by atoms with Crippen LogP contribution in [0, 0.1) is 0 Å². The third-order valence-electron chi connectivity index (χ3n) is 1.58. The fourth-order valence-corrected chi connectivity index (χ4v) is 1.04. The van der Waals surface area contributed by atoms with E-state index in [1.807, 2.05) is 0 Å². The average molecular weight is 261 g/mol. The van der Waals surface area contributed by atoms with Gasteiger partial charge in [-0.2, -0.15) is 0 Å². The van der Waals surface area contributed by atoms with E-state index in [2.05, 4.69) is 9.97 Å². The molecule has 0 aliphatic heterocycles. The van der Waals surface area contributed by atoms with Gasteiger partial charge in [0.1, 0.15) is 0 Å². The summed E-state index contributed by atoms with van der Waals surface area (Å²) in [6.45, 7) is 0. The molecule has 2 N–H and O–H groups in total. The number of fused-ring (bicyclic) bond motifs is 1. The summed E-state index contributed by atoms with van der Waals surface area (Å²) in [4.78, 5) is 17.3. The molecule has 1 heterocycles. The van der Waals surface area contributed by atoms with E-state index in [4.69, 9.17) is 5.73 Å². The second-order valence-electron chi connectivity index (χ2n) is 2.48. The molecule has 0 aliphatic rings. The fraction of sp³-hybridized carbons (Fsp3) is 0. The van der Waals surface area contributed by atoms with Crippen molar-refractivity contribution in [2.75, 3.05) is 0 Å². The van der Waals surface area contributed by atoms with Crippen LogP contribution in [0.3, 0.4) is 0 Å². The fourth-order valence-electron chi connectivity index (χ4n) is 1.04. The monoisotopic (exact) mass is 262 g/mol. The summed E-state index contributed by atoms with van der Waals surface area (Å²) >= 11 is 0. The van der Waals surface area contributed by atoms with Crippen molar-refractivity contribution in [1.29, 1.82) is 0 Å². The van der Waals surface area contributed by atoms with E-state index in [1.54, 1.807) is 18.2 Å². The van der Waals surface area contributed by atoms with Gasteiger partial charge in [0.2, 0.25) is 0 Å². The number of nitrogens with zero attached hydrogens (tertiary/aromatic N) is 1. The summed E-state index contributed by atoms with van der Waals surface area (Å²) in [6.07, 6.45) is 1.23. The van der Waals surface area contributed by atoms with Crippen molar-refractivity contribution in [3.05, 3.63) is 40.5 Å². The van der Waals surface area contributed by atoms with Gasteiger partial charge in [-0.15, -0.1) is 5.69 Å². The molecule has 1 aromatic carbocycles. The molecule has 0 atom stereocenters. The largest absolute Gasteiger partial charge is 1.00 e. The Hall–Kier alpha value is -1.22. The van der Waals surface area contributed by atoms with Crippen LogP contribution in [0.1, 0.15) is 0 Å². The zero-order valence-electron chi connectivity index (χ0n) is 6.52. The quantitative estimate of drug-likeness (QED) is 0.732. The molecule has 2 aromatic rings. The molecule has 4 nitrogen and oxygen atoms in total. The Morgan fingerprint density at radius 3 is 2.92 bits per heavy atom. The first-order valence-corrected chi connectivity index (χ1v) is 3.46. The van der Waals surface area contributed by atoms with Crippen LogP contribution in [0.15, 0.2) is 29.2 Å². The van der Waals surface area contributed by atoms with Crippen molar-refractivity contribution in [1.82, 2.24) is 9.97 Å². The molecule has 0 unspecified atom stereocenters. The van der Waals surface area contributed by atoms with Gasteiger partial charge in [-0.25, -0.2) is 4.98 Å². The molecule has 0 aliphatic carbocycles. The van der Waals surface area contributed by atoms with Gasteiger partial charge < -0.3 is 10.7 Å². The zero-order valence-corrected chi connectivity index (χ0v) is 8.26. The molecule has 1 radical (unpaired) electrons. The van der Waals surface area contributed by atoms with Gasteiger partial charge in [0.05, 0.1) is 17.2 Å². The van der Waals surface area contributed by atoms with Crippen LogP contribution >= 0.6 is 0 Å². The van der Waals surface area contributed by atoms with E-state index in [9.17, 15) is 4.79 Å². The third-order valence-corrected chi connectivity index (χ3v) is 1.58. The van der Waals surface area contributed by atoms with E-state index >= 15 is 0 Å². The van der Waals surface area contributed by atoms with Crippen molar-refractivity contribution in [3.8, 4) is 0 Å². The maximum Gasteiger partial charge on any atom is 1.00 e. The molecule has 0 bridgehead atoms. The first-order chi connectivity index (χ1) is 5.75. The van der Waals surface area contributed by atoms with Crippen molar-refractivity contribution in [2.24, 2.45) is 0 Å². The molecule has 67 valence electrons. The number of H-pyrrole nitrogens is 1. The zero-order chi connectivity index (χ0) is 8.55. The van der Waals surface area contributed by atoms with Gasteiger partial charge in [-0.1, -0.05) is 12.1 Å². The average Bonchev–Trinajstić information content (AvgIpc) is 2.03. The number of benzene rings is 1. The second-order valence-corrected chi connectivity index (χ2v) is 2.48. The first kappa shape index (κ1) is 9.87. The summed E-state index contributed by atoms with van der Waals surface area (Å²) in [5.41, 5.74) is 8.73. The Bertz CT molecular complexity index is 480. The van der Waals surface area contributed by atoms with E-state index in [-0.39, 0.29) is 25.0 Å². The molecule has 2 rings (SSSR count). The number of rotatable bonds is 0. The minimum Gasteiger partial charge on any atom is -0.699 e. The normalized spacial score (nSPS) is 9.54. The molecule has 0 saturated carbocycles. The van der Waals surface area contributed by atoms with Crippen molar-refractivity contribution in [3.63, 3.8) is 0 Å². The summed E-state index contributed by atoms with van der Waals surface area (Å²) < 4.78 is 0. The predicted octanol–water partition coefficient (Wildman–Crippen LogP) is 1.60. The van der Waals surface area contributed by atoms with E-state index < -0.39 is 0 Å². The van der Waals surface area contributed by atoms with Crippen LogP contribution in [-0.2, 0) is 19.5 Å². The Balaban J connectivity index is 0.000000845. The van der Waals surface area contributed by atoms with Crippen LogP contribution in [0.25, 0.3) is 16.8 Å². The number of hydrogen-bond donors (Lipinski definition) is 1. The summed E-state index contributed by atoms with van der Waals surface area (Å²) in [5, 5.41) is 0. The number of hydrogen-bond acceptors (Lipinski definition) is 2. The third kappa shape index (κ3) is 1.93. The second kappa shape index (κ2) is 3.66. The van der Waals surface area contributed by atoms with Gasteiger partial charge in [0.25, 0.3) is 5.56 Å². The molecule has 0 fully saturated rings. The Labute approximate surface area is 86.9 Å². The predicted molar refractivity (Wildman–Crippen MR) is 46.3 cm³/mol. The molecule has 0 saturated heterocycles. The van der Waals surface area contributed by atoms with E-state index in [1.165, 1.54) is 6.20 Å². The summed E-state index contributed by atoms with van der Waals surface area (Å²) in [6, 6.07) is 4.91. The van der Waals surface area contributed by atoms with Gasteiger partial charge in [0.15, 0.2) is 0 Å². The van der Waals surface area contributed by atoms with Crippen LogP contribution < -0.4 is 5.56 Å². The van der Waals surface area contributed by atoms with E-state index in [0.29, 0.717) is 16.7 Å². The SMILES string of the molecule is [NH-]c1ccc2ncc(=O)[nH]c2c1.[Ru+]. The number of aromatic amines is 1. The molecule has 5 heteroatoms. The topological polar surface area (TPSA) is 69.5 Å². The maximum absolute atomic E-state index is 10.8. The minimum atomic E-state index is -0.242. The standard InChI is InChI=1S/C8H7N3O.Ru/c9-5-1-2-6-7(3-5)11-8(12)4-10-6;/h1-4H,(H3,9,11,12);/q;+1/p-1. The van der Waals surface area contributed by atoms with Crippen LogP contribution in [0.4, 0.5) is 5.69 Å². The van der Waals surface area contributed by atoms with Gasteiger partial charge in [-0.3, -0.25) is 4.79 Å². The number of aromatic nitrogens is 2.